The summed E-state index contributed by atoms with van der Waals surface area (Å²) in [6.07, 6.45) is 4.62. The summed E-state index contributed by atoms with van der Waals surface area (Å²) < 4.78 is 0. The Labute approximate surface area is 193 Å². The zero-order valence-electron chi connectivity index (χ0n) is 16.9. The van der Waals surface area contributed by atoms with Crippen molar-refractivity contribution in [3.05, 3.63) is 30.3 Å². The maximum Gasteiger partial charge on any atom is 0.224 e. The summed E-state index contributed by atoms with van der Waals surface area (Å²) in [5.41, 5.74) is 7.59. The van der Waals surface area contributed by atoms with Crippen LogP contribution in [-0.2, 0) is 4.79 Å². The first-order valence-electron chi connectivity index (χ1n) is 10.3. The Morgan fingerprint density at radius 3 is 2.28 bits per heavy atom. The summed E-state index contributed by atoms with van der Waals surface area (Å²) in [5, 5.41) is 3.16. The number of rotatable bonds is 6. The molecule has 8 heteroatoms. The van der Waals surface area contributed by atoms with Crippen molar-refractivity contribution < 1.29 is 4.79 Å². The van der Waals surface area contributed by atoms with Crippen LogP contribution in [0.3, 0.4) is 0 Å². The highest BCUT2D eigenvalue weighted by Gasteiger charge is 2.48. The molecule has 1 aliphatic heterocycles. The van der Waals surface area contributed by atoms with Crippen LogP contribution in [0.4, 0.5) is 5.69 Å². The number of carbonyl (C=O) groups is 1. The second-order valence-electron chi connectivity index (χ2n) is 8.25. The quantitative estimate of drug-likeness (QED) is 0.634. The summed E-state index contributed by atoms with van der Waals surface area (Å²) in [5.74, 6) is 1.42. The van der Waals surface area contributed by atoms with E-state index in [-0.39, 0.29) is 55.1 Å². The summed E-state index contributed by atoms with van der Waals surface area (Å²) in [6.45, 7) is 6.19. The van der Waals surface area contributed by atoms with Gasteiger partial charge in [0.25, 0.3) is 0 Å². The van der Waals surface area contributed by atoms with Crippen LogP contribution in [-0.4, -0.2) is 56.1 Å². The Balaban J connectivity index is 0.00000140. The molecule has 2 saturated carbocycles. The predicted octanol–water partition coefficient (Wildman–Crippen LogP) is 2.95. The summed E-state index contributed by atoms with van der Waals surface area (Å²) in [6, 6.07) is 10.7. The average molecular weight is 466 g/mol. The number of amides is 1. The molecule has 1 heterocycles. The first kappa shape index (κ1) is 26.3. The first-order valence-corrected chi connectivity index (χ1v) is 10.3. The van der Waals surface area contributed by atoms with E-state index in [0.717, 1.165) is 45.7 Å². The molecule has 4 unspecified atom stereocenters. The Bertz CT molecular complexity index is 611. The normalized spacial score (nSPS) is 28.1. The topological polar surface area (TPSA) is 61.6 Å². The van der Waals surface area contributed by atoms with Crippen molar-refractivity contribution in [1.29, 1.82) is 0 Å². The molecule has 0 aromatic heterocycles. The molecule has 4 atom stereocenters. The molecule has 166 valence electrons. The molecule has 3 fully saturated rings. The fourth-order valence-electron chi connectivity index (χ4n) is 5.23. The highest BCUT2D eigenvalue weighted by Crippen LogP contribution is 2.47. The van der Waals surface area contributed by atoms with E-state index in [1.165, 1.54) is 24.9 Å². The highest BCUT2D eigenvalue weighted by atomic mass is 35.5. The lowest BCUT2D eigenvalue weighted by molar-refractivity contribution is -0.127. The van der Waals surface area contributed by atoms with Crippen molar-refractivity contribution in [1.82, 2.24) is 10.2 Å². The van der Waals surface area contributed by atoms with Crippen LogP contribution >= 0.6 is 37.2 Å². The van der Waals surface area contributed by atoms with Gasteiger partial charge in [-0.05, 0) is 56.2 Å². The molecule has 3 aliphatic rings. The Kier molecular flexibility index (Phi) is 11.1. The molecule has 0 spiro atoms. The number of piperazine rings is 1. The van der Waals surface area contributed by atoms with Crippen LogP contribution in [0.5, 0.6) is 0 Å². The van der Waals surface area contributed by atoms with E-state index in [1.807, 2.05) is 0 Å². The standard InChI is InChI=1S/C21H32N4O.3ClH/c22-20-17-8-7-16(15-17)19(20)21(26)23-9-4-10-24-11-13-25(14-12-24)18-5-2-1-3-6-18;;;/h1-3,5-6,16-17,19-20H,4,7-15,22H2,(H,23,26);3*1H. The average Bonchev–Trinajstić information content (AvgIpc) is 3.27. The number of nitrogens with one attached hydrogen (secondary N) is 1. The predicted molar refractivity (Wildman–Crippen MR) is 127 cm³/mol. The van der Waals surface area contributed by atoms with E-state index in [2.05, 4.69) is 45.4 Å². The third-order valence-corrected chi connectivity index (χ3v) is 6.73. The van der Waals surface area contributed by atoms with Crippen LogP contribution in [0.2, 0.25) is 0 Å². The van der Waals surface area contributed by atoms with Crippen molar-refractivity contribution in [3.8, 4) is 0 Å². The van der Waals surface area contributed by atoms with E-state index in [0.29, 0.717) is 11.8 Å². The van der Waals surface area contributed by atoms with Crippen molar-refractivity contribution in [2.24, 2.45) is 23.5 Å². The zero-order valence-corrected chi connectivity index (χ0v) is 19.3. The highest BCUT2D eigenvalue weighted by molar-refractivity contribution is 5.86. The Hall–Kier alpha value is -0.720. The van der Waals surface area contributed by atoms with Gasteiger partial charge >= 0.3 is 0 Å². The zero-order chi connectivity index (χ0) is 17.9. The van der Waals surface area contributed by atoms with Gasteiger partial charge in [-0.2, -0.15) is 0 Å². The number of para-hydroxylation sites is 1. The molecule has 0 radical (unpaired) electrons. The summed E-state index contributed by atoms with van der Waals surface area (Å²) in [4.78, 5) is 17.4. The van der Waals surface area contributed by atoms with E-state index in [1.54, 1.807) is 0 Å². The minimum absolute atomic E-state index is 0. The van der Waals surface area contributed by atoms with Crippen molar-refractivity contribution in [2.75, 3.05) is 44.2 Å². The van der Waals surface area contributed by atoms with Gasteiger partial charge in [-0.3, -0.25) is 9.69 Å². The molecule has 4 rings (SSSR count). The van der Waals surface area contributed by atoms with E-state index in [9.17, 15) is 4.79 Å². The van der Waals surface area contributed by atoms with Gasteiger partial charge in [-0.15, -0.1) is 37.2 Å². The maximum atomic E-state index is 12.5. The lowest BCUT2D eigenvalue weighted by atomic mass is 9.84. The second kappa shape index (κ2) is 12.2. The van der Waals surface area contributed by atoms with Gasteiger partial charge in [-0.25, -0.2) is 0 Å². The Morgan fingerprint density at radius 2 is 1.66 bits per heavy atom. The number of hydrogen-bond donors (Lipinski definition) is 2. The number of hydrogen-bond acceptors (Lipinski definition) is 4. The van der Waals surface area contributed by atoms with Crippen molar-refractivity contribution in [3.63, 3.8) is 0 Å². The van der Waals surface area contributed by atoms with Gasteiger partial charge in [0, 0.05) is 44.5 Å². The fraction of sp³-hybridized carbons (Fsp3) is 0.667. The number of nitrogens with two attached hydrogens (primary N) is 1. The smallest absolute Gasteiger partial charge is 0.224 e. The number of benzene rings is 1. The van der Waals surface area contributed by atoms with Crippen molar-refractivity contribution >= 4 is 48.8 Å². The third kappa shape index (κ3) is 6.14. The molecule has 1 aromatic carbocycles. The van der Waals surface area contributed by atoms with E-state index in [4.69, 9.17) is 5.73 Å². The monoisotopic (exact) mass is 464 g/mol. The maximum absolute atomic E-state index is 12.5. The van der Waals surface area contributed by atoms with Crippen LogP contribution in [0.25, 0.3) is 0 Å². The molecular formula is C21H35Cl3N4O. The number of carbonyl (C=O) groups excluding carboxylic acids is 1. The minimum atomic E-state index is 0. The molecule has 1 saturated heterocycles. The van der Waals surface area contributed by atoms with E-state index >= 15 is 0 Å². The Morgan fingerprint density at radius 1 is 1.00 bits per heavy atom. The van der Waals surface area contributed by atoms with Gasteiger partial charge in [0.1, 0.15) is 0 Å². The van der Waals surface area contributed by atoms with Crippen LogP contribution in [0.15, 0.2) is 30.3 Å². The number of halogens is 3. The van der Waals surface area contributed by atoms with Gasteiger partial charge in [0.2, 0.25) is 5.91 Å². The molecule has 2 aliphatic carbocycles. The molecule has 29 heavy (non-hydrogen) atoms. The van der Waals surface area contributed by atoms with Gasteiger partial charge in [0.15, 0.2) is 0 Å². The van der Waals surface area contributed by atoms with Crippen molar-refractivity contribution in [2.45, 2.75) is 31.7 Å². The summed E-state index contributed by atoms with van der Waals surface area (Å²) >= 11 is 0. The number of anilines is 1. The van der Waals surface area contributed by atoms with Crippen LogP contribution in [0.1, 0.15) is 25.7 Å². The summed E-state index contributed by atoms with van der Waals surface area (Å²) in [7, 11) is 0. The molecule has 2 bridgehead atoms. The lowest BCUT2D eigenvalue weighted by Crippen LogP contribution is -2.48. The van der Waals surface area contributed by atoms with Gasteiger partial charge in [0.05, 0.1) is 5.92 Å². The lowest BCUT2D eigenvalue weighted by Gasteiger charge is -2.36. The third-order valence-electron chi connectivity index (χ3n) is 6.73. The van der Waals surface area contributed by atoms with Gasteiger partial charge in [-0.1, -0.05) is 18.2 Å². The van der Waals surface area contributed by atoms with Crippen LogP contribution in [0, 0.1) is 17.8 Å². The molecule has 5 nitrogen and oxygen atoms in total. The minimum Gasteiger partial charge on any atom is -0.369 e. The molecule has 1 aromatic rings. The first-order chi connectivity index (χ1) is 12.7. The largest absolute Gasteiger partial charge is 0.369 e. The molecular weight excluding hydrogens is 431 g/mol. The number of nitrogens with zero attached hydrogens (tertiary/aromatic N) is 2. The van der Waals surface area contributed by atoms with E-state index < -0.39 is 0 Å². The molecule has 3 N–H and O–H groups in total. The molecule has 1 amide bonds. The second-order valence-corrected chi connectivity index (χ2v) is 8.25. The fourth-order valence-corrected chi connectivity index (χ4v) is 5.23. The van der Waals surface area contributed by atoms with Crippen LogP contribution < -0.4 is 16.0 Å². The SMILES string of the molecule is Cl.Cl.Cl.NC1C2CCC(C2)C1C(=O)NCCCN1CCN(c2ccccc2)CC1. The van der Waals surface area contributed by atoms with Gasteiger partial charge < -0.3 is 16.0 Å². The number of fused-ring (bicyclic) bond motifs is 2.